The molecule has 2 heterocycles. The smallest absolute Gasteiger partial charge is 0.408 e. The van der Waals surface area contributed by atoms with Crippen LogP contribution in [-0.2, 0) is 69.9 Å². The molecule has 16 nitrogen and oxygen atoms in total. The SMILES string of the molecule is CCO[C@](C(=O)OC)(c1ccccc1)[C@]1(NC(=O)OC(C)(C)C)C(=O)N(C)c2ccccc21.CCO[C@](C(=O)OC)(c1ccccc1)[C@]1(NC(=O)OC(C)(C)C)C(=O)N(C)c2ccccc21. The predicted molar refractivity (Wildman–Crippen MR) is 245 cm³/mol. The maximum atomic E-state index is 14.1. The Balaban J connectivity index is 0.000000247. The van der Waals surface area contributed by atoms with E-state index in [1.807, 2.05) is 0 Å². The number of alkyl carbamates (subject to hydrolysis) is 2. The minimum absolute atomic E-state index is 0.0565. The number of hydrogen-bond acceptors (Lipinski definition) is 12. The van der Waals surface area contributed by atoms with Gasteiger partial charge in [-0.3, -0.25) is 20.2 Å². The highest BCUT2D eigenvalue weighted by Gasteiger charge is 2.72. The molecule has 2 aliphatic heterocycles. The predicted octanol–water partition coefficient (Wildman–Crippen LogP) is 6.98. The number of methoxy groups -OCH3 is 2. The van der Waals surface area contributed by atoms with Gasteiger partial charge in [0.25, 0.3) is 11.8 Å². The van der Waals surface area contributed by atoms with Gasteiger partial charge in [0.05, 0.1) is 14.2 Å². The van der Waals surface area contributed by atoms with E-state index in [0.717, 1.165) is 0 Å². The fourth-order valence-electron chi connectivity index (χ4n) is 8.67. The lowest BCUT2D eigenvalue weighted by Gasteiger charge is -2.45. The summed E-state index contributed by atoms with van der Waals surface area (Å²) in [5.41, 5.74) is -7.19. The van der Waals surface area contributed by atoms with Crippen LogP contribution >= 0.6 is 0 Å². The Hall–Kier alpha value is -6.78. The first-order valence-electron chi connectivity index (χ1n) is 21.4. The summed E-state index contributed by atoms with van der Waals surface area (Å²) in [6.07, 6.45) is -1.74. The summed E-state index contributed by atoms with van der Waals surface area (Å²) in [6, 6.07) is 31.0. The maximum absolute atomic E-state index is 14.1. The van der Waals surface area contributed by atoms with E-state index in [4.69, 9.17) is 28.4 Å². The van der Waals surface area contributed by atoms with Crippen LogP contribution in [0.15, 0.2) is 109 Å². The highest BCUT2D eigenvalue weighted by atomic mass is 16.6. The summed E-state index contributed by atoms with van der Waals surface area (Å²) < 4.78 is 33.8. The summed E-state index contributed by atoms with van der Waals surface area (Å²) in [5.74, 6) is -2.77. The van der Waals surface area contributed by atoms with Gasteiger partial charge >= 0.3 is 24.1 Å². The minimum atomic E-state index is -2.04. The van der Waals surface area contributed by atoms with Gasteiger partial charge in [0.15, 0.2) is 11.1 Å². The van der Waals surface area contributed by atoms with Gasteiger partial charge in [-0.05, 0) is 78.6 Å². The van der Waals surface area contributed by atoms with Gasteiger partial charge in [0.1, 0.15) is 11.2 Å². The molecule has 0 saturated carbocycles. The standard InChI is InChI=1S/2C25H30N2O6/c2*1-7-32-25(21(29)31-6,17-13-9-8-10-14-17)24(26-22(30)33-23(2,3)4)18-15-11-12-16-19(18)27(5)20(24)28/h2*8-16H,7H2,1-6H3,(H,26,30)/t2*24-,25+/m11/s1. The average Bonchev–Trinajstić information content (AvgIpc) is 3.62. The van der Waals surface area contributed by atoms with E-state index in [2.05, 4.69) is 10.6 Å². The molecule has 2 N–H and O–H groups in total. The maximum Gasteiger partial charge on any atom is 0.408 e. The van der Waals surface area contributed by atoms with Gasteiger partial charge in [-0.25, -0.2) is 19.2 Å². The lowest BCUT2D eigenvalue weighted by atomic mass is 9.70. The molecular weight excluding hydrogens is 849 g/mol. The second kappa shape index (κ2) is 19.4. The quantitative estimate of drug-likeness (QED) is 0.110. The van der Waals surface area contributed by atoms with Gasteiger partial charge in [-0.2, -0.15) is 0 Å². The summed E-state index contributed by atoms with van der Waals surface area (Å²) in [7, 11) is 5.60. The Morgan fingerprint density at radius 3 is 1.11 bits per heavy atom. The van der Waals surface area contributed by atoms with Crippen molar-refractivity contribution in [2.75, 3.05) is 51.3 Å². The number of rotatable bonds is 12. The third-order valence-electron chi connectivity index (χ3n) is 11.1. The average molecular weight is 909 g/mol. The molecule has 16 heteroatoms. The number of para-hydroxylation sites is 2. The van der Waals surface area contributed by atoms with Crippen LogP contribution in [0.4, 0.5) is 21.0 Å². The number of ether oxygens (including phenoxy) is 6. The molecule has 0 fully saturated rings. The van der Waals surface area contributed by atoms with Crippen LogP contribution in [0.3, 0.4) is 0 Å². The lowest BCUT2D eigenvalue weighted by Crippen LogP contribution is -2.69. The first-order valence-corrected chi connectivity index (χ1v) is 21.4. The van der Waals surface area contributed by atoms with Crippen molar-refractivity contribution in [2.45, 2.75) is 88.9 Å². The molecule has 4 atom stereocenters. The van der Waals surface area contributed by atoms with E-state index in [1.165, 1.54) is 24.0 Å². The summed E-state index contributed by atoms with van der Waals surface area (Å²) in [5, 5.41) is 5.49. The van der Waals surface area contributed by atoms with Crippen LogP contribution < -0.4 is 20.4 Å². The van der Waals surface area contributed by atoms with Crippen LogP contribution in [0.5, 0.6) is 0 Å². The number of carbonyl (C=O) groups excluding carboxylic acids is 6. The van der Waals surface area contributed by atoms with Crippen LogP contribution in [0, 0.1) is 0 Å². The molecule has 66 heavy (non-hydrogen) atoms. The van der Waals surface area contributed by atoms with Crippen LogP contribution in [-0.4, -0.2) is 88.7 Å². The number of esters is 2. The monoisotopic (exact) mass is 908 g/mol. The molecule has 4 amide bonds. The van der Waals surface area contributed by atoms with Crippen molar-refractivity contribution in [3.63, 3.8) is 0 Å². The summed E-state index contributed by atoms with van der Waals surface area (Å²) in [6.45, 7) is 13.8. The van der Waals surface area contributed by atoms with E-state index in [9.17, 15) is 28.8 Å². The number of nitrogens with one attached hydrogen (secondary N) is 2. The fraction of sp³-hybridized carbons (Fsp3) is 0.400. The second-order valence-corrected chi connectivity index (χ2v) is 17.5. The normalized spacial score (nSPS) is 19.5. The van der Waals surface area contributed by atoms with E-state index in [-0.39, 0.29) is 13.2 Å². The molecule has 0 aromatic heterocycles. The number of amides is 4. The van der Waals surface area contributed by atoms with Crippen molar-refractivity contribution < 1.29 is 57.2 Å². The lowest BCUT2D eigenvalue weighted by molar-refractivity contribution is -0.189. The molecule has 4 aromatic rings. The minimum Gasteiger partial charge on any atom is -0.467 e. The molecule has 0 aliphatic carbocycles. The van der Waals surface area contributed by atoms with Crippen molar-refractivity contribution in [1.29, 1.82) is 0 Å². The molecule has 4 aromatic carbocycles. The van der Waals surface area contributed by atoms with Crippen LogP contribution in [0.2, 0.25) is 0 Å². The first-order chi connectivity index (χ1) is 31.1. The highest BCUT2D eigenvalue weighted by Crippen LogP contribution is 2.54. The Morgan fingerprint density at radius 2 is 0.818 bits per heavy atom. The number of anilines is 2. The first kappa shape index (κ1) is 50.2. The van der Waals surface area contributed by atoms with Crippen LogP contribution in [0.1, 0.15) is 77.6 Å². The third-order valence-corrected chi connectivity index (χ3v) is 11.1. The van der Waals surface area contributed by atoms with Crippen molar-refractivity contribution in [3.8, 4) is 0 Å². The van der Waals surface area contributed by atoms with Crippen molar-refractivity contribution in [2.24, 2.45) is 0 Å². The summed E-state index contributed by atoms with van der Waals surface area (Å²) in [4.78, 5) is 84.5. The molecule has 352 valence electrons. The van der Waals surface area contributed by atoms with E-state index >= 15 is 0 Å². The molecule has 0 bridgehead atoms. The highest BCUT2D eigenvalue weighted by molar-refractivity contribution is 6.14. The number of hydrogen-bond donors (Lipinski definition) is 2. The zero-order chi connectivity index (χ0) is 48.9. The number of likely N-dealkylation sites (N-methyl/N-ethyl adjacent to an activating group) is 2. The topological polar surface area (TPSA) is 188 Å². The molecule has 2 aliphatic rings. The third kappa shape index (κ3) is 8.58. The van der Waals surface area contributed by atoms with Gasteiger partial charge < -0.3 is 38.2 Å². The zero-order valence-corrected chi connectivity index (χ0v) is 39.6. The number of carbonyl (C=O) groups is 6. The van der Waals surface area contributed by atoms with E-state index < -0.39 is 69.4 Å². The molecule has 0 saturated heterocycles. The molecular formula is C50H60N4O12. The Kier molecular flexibility index (Phi) is 14.7. The Morgan fingerprint density at radius 1 is 0.515 bits per heavy atom. The molecule has 0 unspecified atom stereocenters. The van der Waals surface area contributed by atoms with Gasteiger partial charge in [-0.15, -0.1) is 0 Å². The molecule has 0 spiro atoms. The van der Waals surface area contributed by atoms with E-state index in [1.54, 1.807) is 179 Å². The Labute approximate surface area is 385 Å². The molecule has 0 radical (unpaired) electrons. The molecule has 6 rings (SSSR count). The van der Waals surface area contributed by atoms with Crippen molar-refractivity contribution >= 4 is 47.3 Å². The zero-order valence-electron chi connectivity index (χ0n) is 39.6. The van der Waals surface area contributed by atoms with Gasteiger partial charge in [0, 0.05) is 49.8 Å². The van der Waals surface area contributed by atoms with E-state index in [0.29, 0.717) is 33.6 Å². The largest absolute Gasteiger partial charge is 0.467 e. The van der Waals surface area contributed by atoms with Crippen LogP contribution in [0.25, 0.3) is 0 Å². The van der Waals surface area contributed by atoms with Crippen molar-refractivity contribution in [3.05, 3.63) is 131 Å². The summed E-state index contributed by atoms with van der Waals surface area (Å²) >= 11 is 0. The number of nitrogens with zero attached hydrogens (tertiary/aromatic N) is 2. The van der Waals surface area contributed by atoms with Gasteiger partial charge in [0.2, 0.25) is 11.2 Å². The fourth-order valence-corrected chi connectivity index (χ4v) is 8.67. The number of benzene rings is 4. The second-order valence-electron chi connectivity index (χ2n) is 17.5. The van der Waals surface area contributed by atoms with Crippen molar-refractivity contribution in [1.82, 2.24) is 10.6 Å². The number of fused-ring (bicyclic) bond motifs is 2. The Bertz CT molecular complexity index is 2270. The van der Waals surface area contributed by atoms with Gasteiger partial charge in [-0.1, -0.05) is 97.1 Å².